The molecule has 0 aliphatic heterocycles. The largest absolute Gasteiger partial charge is 0.507 e. The van der Waals surface area contributed by atoms with Gasteiger partial charge in [0.25, 0.3) is 0 Å². The highest BCUT2D eigenvalue weighted by Gasteiger charge is 2.32. The predicted molar refractivity (Wildman–Crippen MR) is 213 cm³/mol. The molecule has 0 fully saturated rings. The molecule has 0 unspecified atom stereocenters. The van der Waals surface area contributed by atoms with Crippen molar-refractivity contribution < 1.29 is 50.4 Å². The van der Waals surface area contributed by atoms with Crippen molar-refractivity contribution in [2.24, 2.45) is 0 Å². The maximum Gasteiger partial charge on any atom is 0.335 e. The Balaban J connectivity index is 1.74. The minimum atomic E-state index is -1.18. The second kappa shape index (κ2) is 14.0. The molecule has 0 atom stereocenters. The normalized spacial score (nSPS) is 11.5. The number of rotatable bonds is 9. The summed E-state index contributed by atoms with van der Waals surface area (Å²) in [7, 11) is 0. The van der Waals surface area contributed by atoms with Crippen molar-refractivity contribution in [3.63, 3.8) is 0 Å². The monoisotopic (exact) mass is 756 g/mol. The van der Waals surface area contributed by atoms with Crippen LogP contribution in [0.1, 0.15) is 105 Å². The third-order valence-corrected chi connectivity index (χ3v) is 10.3. The van der Waals surface area contributed by atoms with Crippen molar-refractivity contribution in [2.45, 2.75) is 53.4 Å². The Morgan fingerprint density at radius 2 is 0.768 bits per heavy atom. The first-order valence-electron chi connectivity index (χ1n) is 17.6. The van der Waals surface area contributed by atoms with Gasteiger partial charge >= 0.3 is 11.9 Å². The zero-order valence-electron chi connectivity index (χ0n) is 31.3. The highest BCUT2D eigenvalue weighted by Crippen LogP contribution is 2.55. The molecule has 56 heavy (non-hydrogen) atoms. The number of hydrogen-bond donors (Lipinski definition) is 10. The molecule has 0 amide bonds. The van der Waals surface area contributed by atoms with E-state index in [1.165, 1.54) is 48.5 Å². The number of aryl methyl sites for hydroxylation is 2. The third kappa shape index (κ3) is 5.95. The number of hydrogen-bond acceptors (Lipinski definition) is 10. The standard InChI is InChI=1S/C44H40N2O10/c1-17(2)27-25-15-19(5)29(37(47)31(25)33(41(51)39(27)49)35(45)21-7-11-23(12-8-21)43(53)54)30-20(6)16-26-28(18(3)4)40(50)42(52)34(32(26)38(30)48)36(46)22-9-13-24(14-10-22)44(55)56/h7-18,45-52H,1-6H3,(H,53,54)(H,55,56). The molecule has 0 aromatic heterocycles. The fourth-order valence-corrected chi connectivity index (χ4v) is 7.65. The van der Waals surface area contributed by atoms with Gasteiger partial charge in [0, 0.05) is 44.2 Å². The van der Waals surface area contributed by atoms with E-state index in [2.05, 4.69) is 0 Å². The second-order valence-electron chi connectivity index (χ2n) is 14.5. The van der Waals surface area contributed by atoms with Crippen molar-refractivity contribution in [1.29, 1.82) is 10.8 Å². The minimum Gasteiger partial charge on any atom is -0.507 e. The van der Waals surface area contributed by atoms with E-state index >= 15 is 0 Å². The van der Waals surface area contributed by atoms with Gasteiger partial charge in [0.2, 0.25) is 0 Å². The first-order valence-corrected chi connectivity index (χ1v) is 17.6. The lowest BCUT2D eigenvalue weighted by Gasteiger charge is -2.25. The number of aromatic hydroxyl groups is 6. The summed E-state index contributed by atoms with van der Waals surface area (Å²) in [6, 6.07) is 13.9. The van der Waals surface area contributed by atoms with Crippen molar-refractivity contribution in [2.75, 3.05) is 0 Å². The Morgan fingerprint density at radius 3 is 1.04 bits per heavy atom. The lowest BCUT2D eigenvalue weighted by atomic mass is 9.81. The lowest BCUT2D eigenvalue weighted by molar-refractivity contribution is 0.0686. The molecule has 0 aliphatic carbocycles. The van der Waals surface area contributed by atoms with Gasteiger partial charge in [0.15, 0.2) is 23.0 Å². The number of carbonyl (C=O) groups is 2. The summed E-state index contributed by atoms with van der Waals surface area (Å²) >= 11 is 0. The van der Waals surface area contributed by atoms with Crippen LogP contribution in [0.5, 0.6) is 34.5 Å². The number of fused-ring (bicyclic) bond motifs is 2. The quantitative estimate of drug-likeness (QED) is 0.0495. The Morgan fingerprint density at radius 1 is 0.482 bits per heavy atom. The molecule has 0 heterocycles. The summed E-state index contributed by atoms with van der Waals surface area (Å²) < 4.78 is 0. The molecule has 6 aromatic rings. The van der Waals surface area contributed by atoms with Crippen LogP contribution in [0.3, 0.4) is 0 Å². The van der Waals surface area contributed by atoms with Crippen LogP contribution in [0.2, 0.25) is 0 Å². The maximum atomic E-state index is 12.4. The van der Waals surface area contributed by atoms with Crippen LogP contribution >= 0.6 is 0 Å². The summed E-state index contributed by atoms with van der Waals surface area (Å²) in [6.07, 6.45) is 0. The molecule has 0 saturated carbocycles. The van der Waals surface area contributed by atoms with E-state index in [0.717, 1.165) is 0 Å². The van der Waals surface area contributed by atoms with Crippen molar-refractivity contribution in [1.82, 2.24) is 0 Å². The van der Waals surface area contributed by atoms with E-state index in [9.17, 15) is 61.3 Å². The van der Waals surface area contributed by atoms with Gasteiger partial charge < -0.3 is 40.9 Å². The van der Waals surface area contributed by atoms with Crippen LogP contribution in [0.15, 0.2) is 60.7 Å². The topological polar surface area (TPSA) is 244 Å². The number of benzene rings is 6. The summed E-state index contributed by atoms with van der Waals surface area (Å²) in [5.41, 5.74) is 0.621. The molecule has 6 rings (SSSR count). The molecule has 0 aliphatic rings. The van der Waals surface area contributed by atoms with Crippen LogP contribution in [-0.2, 0) is 0 Å². The third-order valence-electron chi connectivity index (χ3n) is 10.3. The average molecular weight is 757 g/mol. The van der Waals surface area contributed by atoms with E-state index in [1.807, 2.05) is 0 Å². The number of phenols is 6. The molecule has 10 N–H and O–H groups in total. The molecular formula is C44H40N2O10. The van der Waals surface area contributed by atoms with Gasteiger partial charge in [-0.2, -0.15) is 0 Å². The highest BCUT2D eigenvalue weighted by molar-refractivity contribution is 6.25. The van der Waals surface area contributed by atoms with E-state index < -0.39 is 46.4 Å². The van der Waals surface area contributed by atoms with E-state index in [-0.39, 0.29) is 89.7 Å². The molecule has 0 radical (unpaired) electrons. The van der Waals surface area contributed by atoms with E-state index in [4.69, 9.17) is 0 Å². The highest BCUT2D eigenvalue weighted by atomic mass is 16.4. The molecule has 12 heteroatoms. The number of phenolic OH excluding ortho intramolecular Hbond substituents is 6. The zero-order valence-corrected chi connectivity index (χ0v) is 31.3. The number of aromatic carboxylic acids is 2. The second-order valence-corrected chi connectivity index (χ2v) is 14.5. The Hall–Kier alpha value is -7.08. The van der Waals surface area contributed by atoms with Crippen LogP contribution in [0.4, 0.5) is 0 Å². The molecular weight excluding hydrogens is 716 g/mol. The van der Waals surface area contributed by atoms with Crippen LogP contribution in [-0.4, -0.2) is 64.2 Å². The lowest BCUT2D eigenvalue weighted by Crippen LogP contribution is -2.08. The Bertz CT molecular complexity index is 2510. The number of nitrogens with one attached hydrogen (secondary N) is 2. The SMILES string of the molecule is Cc1cc2c(C(C)C)c(O)c(O)c(C(=N)c3ccc(C(=O)O)cc3)c2c(O)c1-c1c(C)cc2c(C(C)C)c(O)c(O)c(C(=N)c3ccc(C(=O)O)cc3)c2c1O. The van der Waals surface area contributed by atoms with Crippen LogP contribution in [0, 0.1) is 24.7 Å². The Labute approximate surface area is 320 Å². The average Bonchev–Trinajstić information content (AvgIpc) is 3.13. The van der Waals surface area contributed by atoms with Crippen molar-refractivity contribution >= 4 is 44.9 Å². The summed E-state index contributed by atoms with van der Waals surface area (Å²) in [4.78, 5) is 23.1. The minimum absolute atomic E-state index is 0.0290. The number of carboxylic acids is 2. The van der Waals surface area contributed by atoms with Gasteiger partial charge in [-0.1, -0.05) is 64.1 Å². The van der Waals surface area contributed by atoms with Gasteiger partial charge in [-0.05, 0) is 71.8 Å². The van der Waals surface area contributed by atoms with Crippen LogP contribution < -0.4 is 0 Å². The fourth-order valence-electron chi connectivity index (χ4n) is 7.65. The molecule has 0 bridgehead atoms. The summed E-state index contributed by atoms with van der Waals surface area (Å²) in [5.74, 6) is -6.45. The smallest absolute Gasteiger partial charge is 0.335 e. The summed E-state index contributed by atoms with van der Waals surface area (Å²) in [5, 5.41) is 108. The Kier molecular flexibility index (Phi) is 9.63. The first kappa shape index (κ1) is 38.6. The predicted octanol–water partition coefficient (Wildman–Crippen LogP) is 8.99. The summed E-state index contributed by atoms with van der Waals surface area (Å²) in [6.45, 7) is 10.5. The molecule has 286 valence electrons. The maximum absolute atomic E-state index is 12.4. The first-order chi connectivity index (χ1) is 26.3. The van der Waals surface area contributed by atoms with Gasteiger partial charge in [-0.15, -0.1) is 0 Å². The van der Waals surface area contributed by atoms with Gasteiger partial charge in [-0.3, -0.25) is 10.8 Å². The number of carboxylic acid groups (broad SMARTS) is 2. The molecule has 12 nitrogen and oxygen atoms in total. The van der Waals surface area contributed by atoms with Crippen LogP contribution in [0.25, 0.3) is 32.7 Å². The molecule has 0 saturated heterocycles. The van der Waals surface area contributed by atoms with Gasteiger partial charge in [0.1, 0.15) is 11.5 Å². The van der Waals surface area contributed by atoms with Gasteiger partial charge in [-0.25, -0.2) is 9.59 Å². The van der Waals surface area contributed by atoms with Crippen molar-refractivity contribution in [3.8, 4) is 45.6 Å². The van der Waals surface area contributed by atoms with Gasteiger partial charge in [0.05, 0.1) is 33.7 Å². The van der Waals surface area contributed by atoms with E-state index in [0.29, 0.717) is 21.9 Å². The zero-order chi connectivity index (χ0) is 41.2. The van der Waals surface area contributed by atoms with E-state index in [1.54, 1.807) is 53.7 Å². The fraction of sp³-hybridized carbons (Fsp3) is 0.182. The molecule has 0 spiro atoms. The molecule has 6 aromatic carbocycles. The van der Waals surface area contributed by atoms with Crippen molar-refractivity contribution in [3.05, 3.63) is 116 Å².